The zero-order valence-electron chi connectivity index (χ0n) is 13.8. The normalized spacial score (nSPS) is 11.5. The van der Waals surface area contributed by atoms with Crippen LogP contribution in [0.25, 0.3) is 0 Å². The van der Waals surface area contributed by atoms with E-state index in [1.54, 1.807) is 48.5 Å². The number of aromatic nitrogens is 2. The molecule has 3 aromatic rings. The van der Waals surface area contributed by atoms with Crippen LogP contribution >= 0.6 is 39.3 Å². The Bertz CT molecular complexity index is 993. The highest BCUT2D eigenvalue weighted by Crippen LogP contribution is 2.21. The first-order valence-electron chi connectivity index (χ1n) is 7.74. The number of hydrogen-bond acceptors (Lipinski definition) is 7. The summed E-state index contributed by atoms with van der Waals surface area (Å²) in [6.07, 6.45) is 0. The van der Waals surface area contributed by atoms with Crippen LogP contribution in [0.5, 0.6) is 5.75 Å². The van der Waals surface area contributed by atoms with Gasteiger partial charge in [0.15, 0.2) is 16.4 Å². The molecule has 0 saturated carbocycles. The summed E-state index contributed by atoms with van der Waals surface area (Å²) in [5, 5.41) is 8.70. The summed E-state index contributed by atoms with van der Waals surface area (Å²) in [4.78, 5) is 0.286. The summed E-state index contributed by atoms with van der Waals surface area (Å²) in [5.41, 5.74) is 0. The predicted octanol–water partition coefficient (Wildman–Crippen LogP) is 4.63. The van der Waals surface area contributed by atoms with Crippen molar-refractivity contribution >= 4 is 49.1 Å². The van der Waals surface area contributed by atoms with E-state index in [9.17, 15) is 8.42 Å². The molecule has 0 fully saturated rings. The quantitative estimate of drug-likeness (QED) is 0.427. The third-order valence-corrected chi connectivity index (χ3v) is 6.97. The topological polar surface area (TPSA) is 82.3 Å². The van der Waals surface area contributed by atoms with Gasteiger partial charge < -0.3 is 9.15 Å². The molecule has 10 heteroatoms. The van der Waals surface area contributed by atoms with Crippen molar-refractivity contribution in [3.8, 4) is 5.75 Å². The Kier molecular flexibility index (Phi) is 6.80. The van der Waals surface area contributed by atoms with Crippen molar-refractivity contribution < 1.29 is 17.6 Å². The van der Waals surface area contributed by atoms with Gasteiger partial charge >= 0.3 is 0 Å². The molecule has 0 unspecified atom stereocenters. The molecule has 0 radical (unpaired) electrons. The molecule has 3 rings (SSSR count). The lowest BCUT2D eigenvalue weighted by atomic mass is 10.3. The van der Waals surface area contributed by atoms with Crippen LogP contribution in [-0.4, -0.2) is 30.1 Å². The standard InChI is InChI=1S/C17H14BrClN2O4S2/c18-12-1-7-15(8-2-12)27(22,23)10-9-26-17-21-20-16(25-17)11-24-14-5-3-13(19)4-6-14/h1-8H,9-11H2. The largest absolute Gasteiger partial charge is 0.484 e. The van der Waals surface area contributed by atoms with E-state index in [0.29, 0.717) is 27.6 Å². The van der Waals surface area contributed by atoms with E-state index in [1.807, 2.05) is 0 Å². The minimum atomic E-state index is -3.36. The molecule has 0 atom stereocenters. The van der Waals surface area contributed by atoms with E-state index in [1.165, 1.54) is 11.8 Å². The maximum atomic E-state index is 12.3. The molecule has 27 heavy (non-hydrogen) atoms. The van der Waals surface area contributed by atoms with Crippen molar-refractivity contribution in [1.29, 1.82) is 0 Å². The summed E-state index contributed by atoms with van der Waals surface area (Å²) in [6.45, 7) is 0.117. The smallest absolute Gasteiger partial charge is 0.276 e. The molecule has 2 aromatic carbocycles. The molecular formula is C17H14BrClN2O4S2. The zero-order chi connectivity index (χ0) is 19.3. The number of rotatable bonds is 8. The van der Waals surface area contributed by atoms with Gasteiger partial charge in [0.05, 0.1) is 10.6 Å². The van der Waals surface area contributed by atoms with Gasteiger partial charge in [-0.05, 0) is 48.5 Å². The third kappa shape index (κ3) is 5.97. The van der Waals surface area contributed by atoms with E-state index in [4.69, 9.17) is 20.8 Å². The SMILES string of the molecule is O=S(=O)(CCSc1nnc(COc2ccc(Cl)cc2)o1)c1ccc(Br)cc1. The molecule has 0 saturated heterocycles. The number of hydrogen-bond donors (Lipinski definition) is 0. The number of benzene rings is 2. The Morgan fingerprint density at radius 1 is 1.07 bits per heavy atom. The molecule has 142 valence electrons. The molecule has 0 bridgehead atoms. The molecule has 0 amide bonds. The van der Waals surface area contributed by atoms with Crippen molar-refractivity contribution in [2.75, 3.05) is 11.5 Å². The Morgan fingerprint density at radius 3 is 2.48 bits per heavy atom. The van der Waals surface area contributed by atoms with E-state index < -0.39 is 9.84 Å². The van der Waals surface area contributed by atoms with Crippen LogP contribution in [0.3, 0.4) is 0 Å². The number of ether oxygens (including phenoxy) is 1. The molecule has 0 aliphatic heterocycles. The lowest BCUT2D eigenvalue weighted by molar-refractivity contribution is 0.252. The predicted molar refractivity (Wildman–Crippen MR) is 107 cm³/mol. The summed E-state index contributed by atoms with van der Waals surface area (Å²) >= 11 is 10.3. The van der Waals surface area contributed by atoms with Crippen LogP contribution in [0, 0.1) is 0 Å². The third-order valence-electron chi connectivity index (χ3n) is 3.37. The van der Waals surface area contributed by atoms with Gasteiger partial charge in [0.1, 0.15) is 5.75 Å². The maximum Gasteiger partial charge on any atom is 0.276 e. The summed E-state index contributed by atoms with van der Waals surface area (Å²) < 4.78 is 36.4. The highest BCUT2D eigenvalue weighted by Gasteiger charge is 2.15. The molecule has 0 aliphatic rings. The van der Waals surface area contributed by atoms with Gasteiger partial charge in [0.2, 0.25) is 0 Å². The lowest BCUT2D eigenvalue weighted by Gasteiger charge is -2.03. The fourth-order valence-electron chi connectivity index (χ4n) is 2.03. The van der Waals surface area contributed by atoms with Gasteiger partial charge in [0.25, 0.3) is 11.1 Å². The van der Waals surface area contributed by atoms with Gasteiger partial charge in [-0.15, -0.1) is 10.2 Å². The van der Waals surface area contributed by atoms with E-state index in [0.717, 1.165) is 4.47 Å². The molecule has 1 heterocycles. The van der Waals surface area contributed by atoms with Crippen LogP contribution in [-0.2, 0) is 16.4 Å². The number of halogens is 2. The number of nitrogens with zero attached hydrogens (tertiary/aromatic N) is 2. The van der Waals surface area contributed by atoms with Gasteiger partial charge in [-0.2, -0.15) is 0 Å². The molecule has 0 N–H and O–H groups in total. The van der Waals surface area contributed by atoms with E-state index >= 15 is 0 Å². The minimum Gasteiger partial charge on any atom is -0.484 e. The fourth-order valence-corrected chi connectivity index (χ4v) is 4.85. The van der Waals surface area contributed by atoms with Gasteiger partial charge in [-0.3, -0.25) is 0 Å². The first-order valence-corrected chi connectivity index (χ1v) is 11.6. The van der Waals surface area contributed by atoms with Crippen molar-refractivity contribution in [3.05, 3.63) is 63.9 Å². The second kappa shape index (κ2) is 9.09. The number of thioether (sulfide) groups is 1. The van der Waals surface area contributed by atoms with E-state index in [2.05, 4.69) is 26.1 Å². The summed E-state index contributed by atoms with van der Waals surface area (Å²) in [7, 11) is -3.36. The first-order chi connectivity index (χ1) is 12.9. The van der Waals surface area contributed by atoms with E-state index in [-0.39, 0.29) is 17.3 Å². The Morgan fingerprint density at radius 2 is 1.78 bits per heavy atom. The minimum absolute atomic E-state index is 0.0295. The molecule has 6 nitrogen and oxygen atoms in total. The van der Waals surface area contributed by atoms with Gasteiger partial charge in [0, 0.05) is 15.2 Å². The highest BCUT2D eigenvalue weighted by atomic mass is 79.9. The second-order valence-corrected chi connectivity index (χ2v) is 9.83. The Hall–Kier alpha value is -1.55. The molecule has 1 aromatic heterocycles. The van der Waals surface area contributed by atoms with Crippen LogP contribution in [0.15, 0.2) is 67.5 Å². The molecule has 0 aliphatic carbocycles. The average molecular weight is 490 g/mol. The van der Waals surface area contributed by atoms with Crippen molar-refractivity contribution in [3.63, 3.8) is 0 Å². The lowest BCUT2D eigenvalue weighted by Crippen LogP contribution is -2.08. The van der Waals surface area contributed by atoms with Crippen LogP contribution in [0.1, 0.15) is 5.89 Å². The van der Waals surface area contributed by atoms with Crippen molar-refractivity contribution in [1.82, 2.24) is 10.2 Å². The Labute approximate surface area is 174 Å². The fraction of sp³-hybridized carbons (Fsp3) is 0.176. The van der Waals surface area contributed by atoms with Gasteiger partial charge in [-0.1, -0.05) is 39.3 Å². The summed E-state index contributed by atoms with van der Waals surface area (Å²) in [6, 6.07) is 13.5. The summed E-state index contributed by atoms with van der Waals surface area (Å²) in [5.74, 6) is 1.21. The molecular weight excluding hydrogens is 476 g/mol. The van der Waals surface area contributed by atoms with Crippen LogP contribution in [0.2, 0.25) is 5.02 Å². The van der Waals surface area contributed by atoms with Crippen molar-refractivity contribution in [2.24, 2.45) is 0 Å². The maximum absolute atomic E-state index is 12.3. The second-order valence-electron chi connectivity index (χ2n) is 5.33. The van der Waals surface area contributed by atoms with Gasteiger partial charge in [-0.25, -0.2) is 8.42 Å². The average Bonchev–Trinajstić information content (AvgIpc) is 3.09. The number of sulfone groups is 1. The van der Waals surface area contributed by atoms with Crippen LogP contribution < -0.4 is 4.74 Å². The monoisotopic (exact) mass is 488 g/mol. The molecule has 0 spiro atoms. The Balaban J connectivity index is 1.49. The highest BCUT2D eigenvalue weighted by molar-refractivity contribution is 9.10. The van der Waals surface area contributed by atoms with Crippen LogP contribution in [0.4, 0.5) is 0 Å². The first kappa shape index (κ1) is 20.2. The van der Waals surface area contributed by atoms with Crippen molar-refractivity contribution in [2.45, 2.75) is 16.7 Å². The zero-order valence-corrected chi connectivity index (χ0v) is 17.8.